The molecule has 0 aromatic heterocycles. The first-order chi connectivity index (χ1) is 7.75. The van der Waals surface area contributed by atoms with Gasteiger partial charge in [-0.1, -0.05) is 28.1 Å². The lowest BCUT2D eigenvalue weighted by Gasteiger charge is -2.21. The monoisotopic (exact) mass is 281 g/mol. The minimum Gasteiger partial charge on any atom is -0.317 e. The first kappa shape index (κ1) is 11.8. The van der Waals surface area contributed by atoms with Gasteiger partial charge < -0.3 is 5.32 Å². The number of nitrogens with one attached hydrogen (secondary N) is 1. The molecule has 0 amide bonds. The Labute approximate surface area is 105 Å². The Morgan fingerprint density at radius 1 is 1.38 bits per heavy atom. The van der Waals surface area contributed by atoms with Crippen molar-refractivity contribution in [1.29, 1.82) is 0 Å². The van der Waals surface area contributed by atoms with E-state index in [0.29, 0.717) is 12.3 Å². The molecule has 0 bridgehead atoms. The molecule has 0 atom stereocenters. The molecule has 1 fully saturated rings. The van der Waals surface area contributed by atoms with Crippen molar-refractivity contribution in [3.8, 4) is 0 Å². The molecule has 1 N–H and O–H groups in total. The first-order valence-corrected chi connectivity index (χ1v) is 6.54. The Morgan fingerprint density at radius 2 is 2.12 bits per heavy atom. The summed E-state index contributed by atoms with van der Waals surface area (Å²) in [5, 5.41) is 3.32. The molecule has 2 rings (SSSR count). The second kappa shape index (κ2) is 5.60. The summed E-state index contributed by atoms with van der Waals surface area (Å²) >= 11 is 3.39. The maximum Gasteiger partial charge on any atom is 0.163 e. The number of carbonyl (C=O) groups is 1. The van der Waals surface area contributed by atoms with Crippen LogP contribution in [0, 0.1) is 5.92 Å². The minimum absolute atomic E-state index is 0.271. The van der Waals surface area contributed by atoms with Crippen molar-refractivity contribution in [2.45, 2.75) is 19.3 Å². The van der Waals surface area contributed by atoms with Crippen LogP contribution >= 0.6 is 15.9 Å². The Hall–Kier alpha value is -0.670. The van der Waals surface area contributed by atoms with Gasteiger partial charge in [-0.2, -0.15) is 0 Å². The molecule has 16 heavy (non-hydrogen) atoms. The van der Waals surface area contributed by atoms with Crippen LogP contribution in [0.15, 0.2) is 28.7 Å². The highest BCUT2D eigenvalue weighted by atomic mass is 79.9. The van der Waals surface area contributed by atoms with Crippen molar-refractivity contribution in [1.82, 2.24) is 5.32 Å². The lowest BCUT2D eigenvalue weighted by molar-refractivity contribution is 0.0952. The number of ketones is 1. The third kappa shape index (κ3) is 3.16. The molecule has 0 aliphatic carbocycles. The SMILES string of the molecule is O=C(CC1CCNCC1)c1cccc(Br)c1. The zero-order valence-corrected chi connectivity index (χ0v) is 10.8. The van der Waals surface area contributed by atoms with E-state index in [9.17, 15) is 4.79 Å². The smallest absolute Gasteiger partial charge is 0.163 e. The number of hydrogen-bond donors (Lipinski definition) is 1. The fourth-order valence-corrected chi connectivity index (χ4v) is 2.53. The van der Waals surface area contributed by atoms with E-state index >= 15 is 0 Å². The molecular weight excluding hydrogens is 266 g/mol. The van der Waals surface area contributed by atoms with E-state index in [1.165, 1.54) is 0 Å². The maximum atomic E-state index is 12.0. The summed E-state index contributed by atoms with van der Waals surface area (Å²) in [5.74, 6) is 0.834. The van der Waals surface area contributed by atoms with Crippen molar-refractivity contribution in [2.24, 2.45) is 5.92 Å². The number of rotatable bonds is 3. The number of carbonyl (C=O) groups excluding carboxylic acids is 1. The van der Waals surface area contributed by atoms with Crippen LogP contribution in [-0.4, -0.2) is 18.9 Å². The van der Waals surface area contributed by atoms with Crippen LogP contribution in [-0.2, 0) is 0 Å². The fourth-order valence-electron chi connectivity index (χ4n) is 2.13. The number of benzene rings is 1. The molecule has 86 valence electrons. The zero-order valence-electron chi connectivity index (χ0n) is 9.21. The van der Waals surface area contributed by atoms with Crippen molar-refractivity contribution >= 4 is 21.7 Å². The molecule has 0 saturated carbocycles. The average molecular weight is 282 g/mol. The van der Waals surface area contributed by atoms with E-state index < -0.39 is 0 Å². The van der Waals surface area contributed by atoms with E-state index in [-0.39, 0.29) is 5.78 Å². The number of halogens is 1. The van der Waals surface area contributed by atoms with E-state index in [1.54, 1.807) is 0 Å². The van der Waals surface area contributed by atoms with Crippen molar-refractivity contribution in [3.05, 3.63) is 34.3 Å². The van der Waals surface area contributed by atoms with Crippen LogP contribution in [0.4, 0.5) is 0 Å². The summed E-state index contributed by atoms with van der Waals surface area (Å²) in [6, 6.07) is 7.67. The molecule has 3 heteroatoms. The Kier molecular flexibility index (Phi) is 4.13. The van der Waals surface area contributed by atoms with Gasteiger partial charge in [0.15, 0.2) is 5.78 Å². The Bertz CT molecular complexity index is 372. The highest BCUT2D eigenvalue weighted by Gasteiger charge is 2.17. The molecule has 1 aromatic carbocycles. The highest BCUT2D eigenvalue weighted by molar-refractivity contribution is 9.10. The minimum atomic E-state index is 0.271. The summed E-state index contributed by atoms with van der Waals surface area (Å²) in [7, 11) is 0. The zero-order chi connectivity index (χ0) is 11.4. The lowest BCUT2D eigenvalue weighted by atomic mass is 9.91. The molecule has 1 aromatic rings. The first-order valence-electron chi connectivity index (χ1n) is 5.75. The van der Waals surface area contributed by atoms with E-state index in [0.717, 1.165) is 36.0 Å². The van der Waals surface area contributed by atoms with E-state index in [2.05, 4.69) is 21.2 Å². The second-order valence-electron chi connectivity index (χ2n) is 4.33. The summed E-state index contributed by atoms with van der Waals surface area (Å²) in [4.78, 5) is 12.0. The summed E-state index contributed by atoms with van der Waals surface area (Å²) in [6.07, 6.45) is 2.94. The molecule has 2 nitrogen and oxygen atoms in total. The predicted molar refractivity (Wildman–Crippen MR) is 68.7 cm³/mol. The van der Waals surface area contributed by atoms with Gasteiger partial charge >= 0.3 is 0 Å². The highest BCUT2D eigenvalue weighted by Crippen LogP contribution is 2.20. The van der Waals surface area contributed by atoms with Gasteiger partial charge in [0, 0.05) is 16.5 Å². The molecular formula is C13H16BrNO. The van der Waals surface area contributed by atoms with Crippen LogP contribution in [0.3, 0.4) is 0 Å². The van der Waals surface area contributed by atoms with Crippen LogP contribution in [0.1, 0.15) is 29.6 Å². The van der Waals surface area contributed by atoms with Crippen LogP contribution in [0.5, 0.6) is 0 Å². The van der Waals surface area contributed by atoms with Gasteiger partial charge in [-0.15, -0.1) is 0 Å². The van der Waals surface area contributed by atoms with Crippen LogP contribution in [0.2, 0.25) is 0 Å². The summed E-state index contributed by atoms with van der Waals surface area (Å²) < 4.78 is 0.976. The van der Waals surface area contributed by atoms with Gasteiger partial charge in [0.2, 0.25) is 0 Å². The predicted octanol–water partition coefficient (Wildman–Crippen LogP) is 3.02. The molecule has 1 heterocycles. The quantitative estimate of drug-likeness (QED) is 0.863. The van der Waals surface area contributed by atoms with E-state index in [1.807, 2.05) is 24.3 Å². The lowest BCUT2D eigenvalue weighted by Crippen LogP contribution is -2.28. The average Bonchev–Trinajstić information content (AvgIpc) is 2.30. The van der Waals surface area contributed by atoms with E-state index in [4.69, 9.17) is 0 Å². The van der Waals surface area contributed by atoms with Gasteiger partial charge in [-0.05, 0) is 44.0 Å². The summed E-state index contributed by atoms with van der Waals surface area (Å²) in [5.41, 5.74) is 0.827. The Balaban J connectivity index is 1.97. The molecule has 0 spiro atoms. The van der Waals surface area contributed by atoms with Crippen molar-refractivity contribution in [2.75, 3.05) is 13.1 Å². The molecule has 0 unspecified atom stereocenters. The Morgan fingerprint density at radius 3 is 2.81 bits per heavy atom. The van der Waals surface area contributed by atoms with Gasteiger partial charge in [0.1, 0.15) is 0 Å². The largest absolute Gasteiger partial charge is 0.317 e. The van der Waals surface area contributed by atoms with Gasteiger partial charge in [-0.25, -0.2) is 0 Å². The molecule has 1 aliphatic rings. The maximum absolute atomic E-state index is 12.0. The van der Waals surface area contributed by atoms with Crippen molar-refractivity contribution in [3.63, 3.8) is 0 Å². The molecule has 1 aliphatic heterocycles. The van der Waals surface area contributed by atoms with Gasteiger partial charge in [-0.3, -0.25) is 4.79 Å². The number of Topliss-reactive ketones (excluding diaryl/α,β-unsaturated/α-hetero) is 1. The van der Waals surface area contributed by atoms with Gasteiger partial charge in [0.05, 0.1) is 0 Å². The number of hydrogen-bond acceptors (Lipinski definition) is 2. The third-order valence-corrected chi connectivity index (χ3v) is 3.57. The topological polar surface area (TPSA) is 29.1 Å². The van der Waals surface area contributed by atoms with Gasteiger partial charge in [0.25, 0.3) is 0 Å². The number of piperidine rings is 1. The fraction of sp³-hybridized carbons (Fsp3) is 0.462. The van der Waals surface area contributed by atoms with Crippen LogP contribution < -0.4 is 5.32 Å². The normalized spacial score (nSPS) is 17.3. The molecule has 0 radical (unpaired) electrons. The second-order valence-corrected chi connectivity index (χ2v) is 5.25. The third-order valence-electron chi connectivity index (χ3n) is 3.08. The van der Waals surface area contributed by atoms with Crippen LogP contribution in [0.25, 0.3) is 0 Å². The standard InChI is InChI=1S/C13H16BrNO/c14-12-3-1-2-11(9-12)13(16)8-10-4-6-15-7-5-10/h1-3,9-10,15H,4-8H2. The molecule has 1 saturated heterocycles. The van der Waals surface area contributed by atoms with Crippen molar-refractivity contribution < 1.29 is 4.79 Å². The summed E-state index contributed by atoms with van der Waals surface area (Å²) in [6.45, 7) is 2.10.